The Morgan fingerprint density at radius 3 is 2.59 bits per heavy atom. The average molecular weight is 316 g/mol. The quantitative estimate of drug-likeness (QED) is 0.887. The predicted molar refractivity (Wildman–Crippen MR) is 83.2 cm³/mol. The summed E-state index contributed by atoms with van der Waals surface area (Å²) in [6.07, 6.45) is 1.63. The molecular formula is C16H16N2O3S. The first-order valence-electron chi connectivity index (χ1n) is 7.04. The lowest BCUT2D eigenvalue weighted by molar-refractivity contribution is -0.140. The SMILES string of the molecule is Cc1ccc(Cc2nc(C(=O)NC3(C(=O)O)CC3)cs2)cc1. The van der Waals surface area contributed by atoms with Crippen LogP contribution in [0.2, 0.25) is 0 Å². The van der Waals surface area contributed by atoms with Crippen LogP contribution in [0.1, 0.15) is 39.5 Å². The van der Waals surface area contributed by atoms with Crippen LogP contribution in [-0.2, 0) is 11.2 Å². The number of carboxylic acids is 1. The molecule has 1 aliphatic rings. The molecule has 0 unspecified atom stereocenters. The van der Waals surface area contributed by atoms with Gasteiger partial charge in [-0.3, -0.25) is 4.79 Å². The van der Waals surface area contributed by atoms with E-state index in [9.17, 15) is 9.59 Å². The Morgan fingerprint density at radius 2 is 2.00 bits per heavy atom. The fourth-order valence-electron chi connectivity index (χ4n) is 2.18. The average Bonchev–Trinajstić information content (AvgIpc) is 3.12. The highest BCUT2D eigenvalue weighted by atomic mass is 32.1. The van der Waals surface area contributed by atoms with E-state index in [-0.39, 0.29) is 0 Å². The van der Waals surface area contributed by atoms with Gasteiger partial charge in [0.25, 0.3) is 5.91 Å². The monoisotopic (exact) mass is 316 g/mol. The summed E-state index contributed by atoms with van der Waals surface area (Å²) < 4.78 is 0. The number of hydrogen-bond donors (Lipinski definition) is 2. The third kappa shape index (κ3) is 3.01. The third-order valence-electron chi connectivity index (χ3n) is 3.77. The van der Waals surface area contributed by atoms with Crippen LogP contribution in [0, 0.1) is 6.92 Å². The number of hydrogen-bond acceptors (Lipinski definition) is 4. The molecule has 1 heterocycles. The van der Waals surface area contributed by atoms with Crippen LogP contribution < -0.4 is 5.32 Å². The number of carbonyl (C=O) groups excluding carboxylic acids is 1. The van der Waals surface area contributed by atoms with Crippen molar-refractivity contribution in [1.29, 1.82) is 0 Å². The number of carboxylic acid groups (broad SMARTS) is 1. The predicted octanol–water partition coefficient (Wildman–Crippen LogP) is 2.39. The van der Waals surface area contributed by atoms with Crippen molar-refractivity contribution in [3.63, 3.8) is 0 Å². The standard InChI is InChI=1S/C16H16N2O3S/c1-10-2-4-11(5-3-10)8-13-17-12(9-22-13)14(19)18-16(6-7-16)15(20)21/h2-5,9H,6-8H2,1H3,(H,18,19)(H,20,21). The Balaban J connectivity index is 1.67. The first kappa shape index (κ1) is 14.7. The first-order chi connectivity index (χ1) is 10.5. The Bertz CT molecular complexity index is 717. The number of benzene rings is 1. The highest BCUT2D eigenvalue weighted by molar-refractivity contribution is 7.09. The van der Waals surface area contributed by atoms with E-state index in [1.807, 2.05) is 31.2 Å². The third-order valence-corrected chi connectivity index (χ3v) is 4.62. The molecule has 114 valence electrons. The van der Waals surface area contributed by atoms with Gasteiger partial charge in [0.1, 0.15) is 11.2 Å². The summed E-state index contributed by atoms with van der Waals surface area (Å²) in [6, 6.07) is 8.17. The molecule has 2 N–H and O–H groups in total. The second-order valence-corrected chi connectivity index (χ2v) is 6.57. The van der Waals surface area contributed by atoms with Gasteiger partial charge in [-0.05, 0) is 25.3 Å². The summed E-state index contributed by atoms with van der Waals surface area (Å²) in [6.45, 7) is 2.03. The zero-order chi connectivity index (χ0) is 15.7. The van der Waals surface area contributed by atoms with E-state index in [1.54, 1.807) is 5.38 Å². The van der Waals surface area contributed by atoms with E-state index in [4.69, 9.17) is 5.11 Å². The number of amides is 1. The van der Waals surface area contributed by atoms with Gasteiger partial charge in [0, 0.05) is 11.8 Å². The van der Waals surface area contributed by atoms with Crippen LogP contribution in [0.5, 0.6) is 0 Å². The minimum atomic E-state index is -1.07. The van der Waals surface area contributed by atoms with Gasteiger partial charge in [-0.1, -0.05) is 29.8 Å². The smallest absolute Gasteiger partial charge is 0.329 e. The van der Waals surface area contributed by atoms with E-state index in [0.29, 0.717) is 25.0 Å². The maximum atomic E-state index is 12.1. The molecule has 0 radical (unpaired) electrons. The lowest BCUT2D eigenvalue weighted by Crippen LogP contribution is -2.43. The number of aliphatic carboxylic acids is 1. The molecule has 1 aliphatic carbocycles. The van der Waals surface area contributed by atoms with Gasteiger partial charge in [-0.2, -0.15) is 0 Å². The van der Waals surface area contributed by atoms with Crippen molar-refractivity contribution in [2.45, 2.75) is 31.7 Å². The number of aromatic nitrogens is 1. The van der Waals surface area contributed by atoms with E-state index < -0.39 is 17.4 Å². The first-order valence-corrected chi connectivity index (χ1v) is 7.92. The zero-order valence-electron chi connectivity index (χ0n) is 12.1. The van der Waals surface area contributed by atoms with Gasteiger partial charge in [0.15, 0.2) is 0 Å². The molecule has 1 saturated carbocycles. The second-order valence-electron chi connectivity index (χ2n) is 5.63. The van der Waals surface area contributed by atoms with E-state index in [1.165, 1.54) is 16.9 Å². The maximum Gasteiger partial charge on any atom is 0.329 e. The molecule has 0 spiro atoms. The molecule has 0 saturated heterocycles. The molecule has 1 fully saturated rings. The molecule has 2 aromatic rings. The Hall–Kier alpha value is -2.21. The molecule has 0 atom stereocenters. The van der Waals surface area contributed by atoms with Crippen molar-refractivity contribution in [1.82, 2.24) is 10.3 Å². The molecule has 22 heavy (non-hydrogen) atoms. The van der Waals surface area contributed by atoms with Crippen molar-refractivity contribution in [3.8, 4) is 0 Å². The second kappa shape index (κ2) is 5.53. The van der Waals surface area contributed by atoms with Crippen LogP contribution in [-0.4, -0.2) is 27.5 Å². The lowest BCUT2D eigenvalue weighted by Gasteiger charge is -2.10. The summed E-state index contributed by atoms with van der Waals surface area (Å²) in [5.74, 6) is -1.39. The fourth-order valence-corrected chi connectivity index (χ4v) is 2.98. The van der Waals surface area contributed by atoms with Gasteiger partial charge in [-0.15, -0.1) is 11.3 Å². The van der Waals surface area contributed by atoms with Crippen molar-refractivity contribution < 1.29 is 14.7 Å². The summed E-state index contributed by atoms with van der Waals surface area (Å²) in [4.78, 5) is 27.5. The minimum absolute atomic E-state index is 0.291. The van der Waals surface area contributed by atoms with Gasteiger partial charge in [-0.25, -0.2) is 9.78 Å². The number of carbonyl (C=O) groups is 2. The number of nitrogens with one attached hydrogen (secondary N) is 1. The summed E-state index contributed by atoms with van der Waals surface area (Å²) in [7, 11) is 0. The molecule has 1 aromatic heterocycles. The largest absolute Gasteiger partial charge is 0.480 e. The van der Waals surface area contributed by atoms with Crippen LogP contribution in [0.4, 0.5) is 0 Å². The number of nitrogens with zero attached hydrogens (tertiary/aromatic N) is 1. The Kier molecular flexibility index (Phi) is 3.70. The lowest BCUT2D eigenvalue weighted by atomic mass is 10.1. The van der Waals surface area contributed by atoms with Crippen LogP contribution in [0.3, 0.4) is 0 Å². The molecule has 3 rings (SSSR count). The minimum Gasteiger partial charge on any atom is -0.480 e. The van der Waals surface area contributed by atoms with Gasteiger partial charge >= 0.3 is 5.97 Å². The molecule has 6 heteroatoms. The van der Waals surface area contributed by atoms with Crippen LogP contribution in [0.25, 0.3) is 0 Å². The van der Waals surface area contributed by atoms with Gasteiger partial charge in [0.05, 0.1) is 5.01 Å². The Morgan fingerprint density at radius 1 is 1.32 bits per heavy atom. The van der Waals surface area contributed by atoms with Gasteiger partial charge in [0.2, 0.25) is 0 Å². The van der Waals surface area contributed by atoms with Crippen LogP contribution in [0.15, 0.2) is 29.6 Å². The Labute approximate surface area is 132 Å². The normalized spacial score (nSPS) is 15.3. The van der Waals surface area contributed by atoms with Crippen molar-refractivity contribution in [3.05, 3.63) is 51.5 Å². The number of aryl methyl sites for hydroxylation is 1. The van der Waals surface area contributed by atoms with E-state index in [2.05, 4.69) is 10.3 Å². The van der Waals surface area contributed by atoms with Crippen molar-refractivity contribution in [2.75, 3.05) is 0 Å². The van der Waals surface area contributed by atoms with E-state index in [0.717, 1.165) is 10.6 Å². The topological polar surface area (TPSA) is 79.3 Å². The van der Waals surface area contributed by atoms with Crippen molar-refractivity contribution >= 4 is 23.2 Å². The highest BCUT2D eigenvalue weighted by Crippen LogP contribution is 2.35. The summed E-state index contributed by atoms with van der Waals surface area (Å²) in [5.41, 5.74) is 1.56. The van der Waals surface area contributed by atoms with Crippen LogP contribution >= 0.6 is 11.3 Å². The van der Waals surface area contributed by atoms with Crippen molar-refractivity contribution in [2.24, 2.45) is 0 Å². The highest BCUT2D eigenvalue weighted by Gasteiger charge is 2.51. The number of rotatable bonds is 5. The maximum absolute atomic E-state index is 12.1. The summed E-state index contributed by atoms with van der Waals surface area (Å²) >= 11 is 1.41. The molecule has 1 aromatic carbocycles. The molecule has 5 nitrogen and oxygen atoms in total. The molecule has 1 amide bonds. The molecular weight excluding hydrogens is 300 g/mol. The summed E-state index contributed by atoms with van der Waals surface area (Å²) in [5, 5.41) is 14.2. The zero-order valence-corrected chi connectivity index (χ0v) is 12.9. The molecule has 0 aliphatic heterocycles. The molecule has 0 bridgehead atoms. The van der Waals surface area contributed by atoms with E-state index >= 15 is 0 Å². The fraction of sp³-hybridized carbons (Fsp3) is 0.312. The number of thiazole rings is 1. The van der Waals surface area contributed by atoms with Gasteiger partial charge < -0.3 is 10.4 Å².